The third kappa shape index (κ3) is 4.18. The van der Waals surface area contributed by atoms with Crippen LogP contribution in [0.25, 0.3) is 16.8 Å². The van der Waals surface area contributed by atoms with E-state index in [9.17, 15) is 4.79 Å². The number of benzene rings is 1. The lowest BCUT2D eigenvalue weighted by Crippen LogP contribution is -2.30. The molecule has 9 nitrogen and oxygen atoms in total. The van der Waals surface area contributed by atoms with E-state index in [1.807, 2.05) is 54.2 Å². The van der Waals surface area contributed by atoms with Crippen LogP contribution in [0.4, 0.5) is 0 Å². The van der Waals surface area contributed by atoms with Crippen molar-refractivity contribution in [1.29, 1.82) is 0 Å². The van der Waals surface area contributed by atoms with Gasteiger partial charge in [0.25, 0.3) is 5.91 Å². The number of pyridine rings is 1. The summed E-state index contributed by atoms with van der Waals surface area (Å²) in [5.41, 5.74) is 4.09. The molecule has 0 saturated heterocycles. The summed E-state index contributed by atoms with van der Waals surface area (Å²) in [7, 11) is 1.88. The molecule has 9 heteroatoms. The maximum Gasteiger partial charge on any atom is 0.253 e. The largest absolute Gasteiger partial charge is 0.489 e. The van der Waals surface area contributed by atoms with Crippen molar-refractivity contribution < 1.29 is 14.4 Å². The van der Waals surface area contributed by atoms with E-state index in [1.54, 1.807) is 29.3 Å². The van der Waals surface area contributed by atoms with Gasteiger partial charge in [-0.25, -0.2) is 4.98 Å². The summed E-state index contributed by atoms with van der Waals surface area (Å²) < 4.78 is 9.60. The van der Waals surface area contributed by atoms with Gasteiger partial charge in [0.05, 0.1) is 24.0 Å². The molecular formula is C23H22N6O3. The summed E-state index contributed by atoms with van der Waals surface area (Å²) in [6.45, 7) is 0.680. The second kappa shape index (κ2) is 8.54. The lowest BCUT2D eigenvalue weighted by atomic mass is 10.1. The number of carbonyl (C=O) groups is 1. The number of carbonyl (C=O) groups excluding carboxylic acids is 1. The van der Waals surface area contributed by atoms with Crippen LogP contribution in [0.2, 0.25) is 0 Å². The number of hydrogen-bond acceptors (Lipinski definition) is 6. The number of fused-ring (bicyclic) bond motifs is 1. The van der Waals surface area contributed by atoms with Crippen molar-refractivity contribution in [3.63, 3.8) is 0 Å². The number of rotatable bonds is 7. The van der Waals surface area contributed by atoms with Crippen molar-refractivity contribution in [3.05, 3.63) is 72.9 Å². The predicted octanol–water partition coefficient (Wildman–Crippen LogP) is 2.69. The number of imidazole rings is 1. The highest BCUT2D eigenvalue weighted by Gasteiger charge is 2.23. The number of ether oxygens (including phenoxy) is 1. The Bertz CT molecular complexity index is 1290. The average Bonchev–Trinajstić information content (AvgIpc) is 3.56. The number of para-hydroxylation sites is 1. The van der Waals surface area contributed by atoms with Gasteiger partial charge >= 0.3 is 0 Å². The van der Waals surface area contributed by atoms with Gasteiger partial charge in [0.2, 0.25) is 0 Å². The van der Waals surface area contributed by atoms with E-state index in [0.717, 1.165) is 28.2 Å². The molecule has 1 amide bonds. The minimum Gasteiger partial charge on any atom is -0.489 e. The van der Waals surface area contributed by atoms with Crippen molar-refractivity contribution in [2.45, 2.75) is 12.5 Å². The van der Waals surface area contributed by atoms with E-state index in [4.69, 9.17) is 9.57 Å². The van der Waals surface area contributed by atoms with E-state index >= 15 is 0 Å². The van der Waals surface area contributed by atoms with Crippen LogP contribution in [0.15, 0.2) is 72.5 Å². The molecular weight excluding hydrogens is 408 g/mol. The summed E-state index contributed by atoms with van der Waals surface area (Å²) in [6.07, 6.45) is 9.39. The Balaban J connectivity index is 1.13. The van der Waals surface area contributed by atoms with Crippen molar-refractivity contribution in [3.8, 4) is 16.9 Å². The van der Waals surface area contributed by atoms with Crippen LogP contribution in [0.1, 0.15) is 16.8 Å². The van der Waals surface area contributed by atoms with Crippen LogP contribution in [0.5, 0.6) is 5.75 Å². The van der Waals surface area contributed by atoms with Crippen molar-refractivity contribution >= 4 is 17.3 Å². The van der Waals surface area contributed by atoms with Crippen LogP contribution < -0.4 is 10.1 Å². The standard InChI is InChI=1S/C23H22N6O3/c1-28-13-17(11-26-28)20-4-2-3-5-21(20)31-15-19-10-18(27-32-19)12-25-23(30)16-6-7-22-24-8-9-29(22)14-16/h2-9,11,13-14,19H,10,12,15H2,1H3,(H,25,30). The Morgan fingerprint density at radius 1 is 1.25 bits per heavy atom. The maximum absolute atomic E-state index is 12.5. The first-order valence-electron chi connectivity index (χ1n) is 10.3. The molecule has 3 aromatic heterocycles. The normalized spacial score (nSPS) is 15.4. The van der Waals surface area contributed by atoms with Gasteiger partial charge in [0.15, 0.2) is 6.10 Å². The number of aryl methyl sites for hydroxylation is 1. The third-order valence-electron chi connectivity index (χ3n) is 5.23. The molecule has 1 aliphatic heterocycles. The molecule has 0 fully saturated rings. The van der Waals surface area contributed by atoms with Crippen LogP contribution in [-0.4, -0.2) is 50.0 Å². The second-order valence-corrected chi connectivity index (χ2v) is 7.59. The topological polar surface area (TPSA) is 95.0 Å². The Hall–Kier alpha value is -4.14. The molecule has 4 heterocycles. The molecule has 0 bridgehead atoms. The average molecular weight is 430 g/mol. The summed E-state index contributed by atoms with van der Waals surface area (Å²) in [5.74, 6) is 0.592. The number of amides is 1. The number of hydrogen-bond donors (Lipinski definition) is 1. The van der Waals surface area contributed by atoms with E-state index in [0.29, 0.717) is 25.1 Å². The monoisotopic (exact) mass is 430 g/mol. The van der Waals surface area contributed by atoms with Gasteiger partial charge in [-0.2, -0.15) is 5.10 Å². The number of nitrogens with one attached hydrogen (secondary N) is 1. The molecule has 4 aromatic rings. The van der Waals surface area contributed by atoms with Gasteiger partial charge in [-0.05, 0) is 18.2 Å². The molecule has 0 radical (unpaired) electrons. The zero-order chi connectivity index (χ0) is 21.9. The molecule has 1 aliphatic rings. The van der Waals surface area contributed by atoms with Gasteiger partial charge < -0.3 is 19.3 Å². The highest BCUT2D eigenvalue weighted by molar-refractivity contribution is 5.98. The van der Waals surface area contributed by atoms with Crippen LogP contribution in [0.3, 0.4) is 0 Å². The fourth-order valence-electron chi connectivity index (χ4n) is 3.59. The quantitative estimate of drug-likeness (QED) is 0.486. The first kappa shape index (κ1) is 19.8. The van der Waals surface area contributed by atoms with Crippen molar-refractivity contribution in [2.24, 2.45) is 12.2 Å². The Kier molecular flexibility index (Phi) is 5.29. The molecule has 1 unspecified atom stereocenters. The Morgan fingerprint density at radius 2 is 2.16 bits per heavy atom. The summed E-state index contributed by atoms with van der Waals surface area (Å²) in [4.78, 5) is 22.1. The van der Waals surface area contributed by atoms with Gasteiger partial charge in [-0.1, -0.05) is 23.4 Å². The molecule has 1 aromatic carbocycles. The number of oxime groups is 1. The molecule has 5 rings (SSSR count). The smallest absolute Gasteiger partial charge is 0.253 e. The molecule has 0 spiro atoms. The molecule has 1 atom stereocenters. The van der Waals surface area contributed by atoms with Gasteiger partial charge in [0.1, 0.15) is 18.0 Å². The van der Waals surface area contributed by atoms with Crippen LogP contribution in [-0.2, 0) is 11.9 Å². The fourth-order valence-corrected chi connectivity index (χ4v) is 3.59. The van der Waals surface area contributed by atoms with Gasteiger partial charge in [-0.3, -0.25) is 9.48 Å². The van der Waals surface area contributed by atoms with E-state index in [-0.39, 0.29) is 12.0 Å². The van der Waals surface area contributed by atoms with E-state index in [1.165, 1.54) is 0 Å². The van der Waals surface area contributed by atoms with E-state index in [2.05, 4.69) is 20.6 Å². The zero-order valence-electron chi connectivity index (χ0n) is 17.5. The molecule has 32 heavy (non-hydrogen) atoms. The first-order chi connectivity index (χ1) is 15.7. The molecule has 162 valence electrons. The minimum atomic E-state index is -0.203. The molecule has 1 N–H and O–H groups in total. The SMILES string of the molecule is Cn1cc(-c2ccccc2OCC2CC(CNC(=O)c3ccc4nccn4c3)=NO2)cn1. The lowest BCUT2D eigenvalue weighted by Gasteiger charge is -2.13. The fraction of sp³-hybridized carbons (Fsp3) is 0.217. The van der Waals surface area contributed by atoms with E-state index < -0.39 is 0 Å². The summed E-state index contributed by atoms with van der Waals surface area (Å²) in [6, 6.07) is 11.4. The molecule has 0 aliphatic carbocycles. The third-order valence-corrected chi connectivity index (χ3v) is 5.23. The molecule has 0 saturated carbocycles. The lowest BCUT2D eigenvalue weighted by molar-refractivity contribution is 0.0472. The Labute approximate surface area is 184 Å². The second-order valence-electron chi connectivity index (χ2n) is 7.59. The van der Waals surface area contributed by atoms with Crippen LogP contribution >= 0.6 is 0 Å². The van der Waals surface area contributed by atoms with Gasteiger partial charge in [0, 0.05) is 49.4 Å². The summed E-state index contributed by atoms with van der Waals surface area (Å²) in [5, 5.41) is 11.2. The number of aromatic nitrogens is 4. The highest BCUT2D eigenvalue weighted by Crippen LogP contribution is 2.29. The van der Waals surface area contributed by atoms with Gasteiger partial charge in [-0.15, -0.1) is 0 Å². The Morgan fingerprint density at radius 3 is 3.03 bits per heavy atom. The van der Waals surface area contributed by atoms with Crippen molar-refractivity contribution in [1.82, 2.24) is 24.5 Å². The van der Waals surface area contributed by atoms with Crippen molar-refractivity contribution in [2.75, 3.05) is 13.2 Å². The zero-order valence-corrected chi connectivity index (χ0v) is 17.5. The van der Waals surface area contributed by atoms with Crippen LogP contribution in [0, 0.1) is 0 Å². The summed E-state index contributed by atoms with van der Waals surface area (Å²) >= 11 is 0. The maximum atomic E-state index is 12.5. The minimum absolute atomic E-state index is 0.173. The highest BCUT2D eigenvalue weighted by atomic mass is 16.7. The predicted molar refractivity (Wildman–Crippen MR) is 119 cm³/mol. The number of nitrogens with zero attached hydrogens (tertiary/aromatic N) is 5. The first-order valence-corrected chi connectivity index (χ1v) is 10.3.